The van der Waals surface area contributed by atoms with Gasteiger partial charge in [-0.2, -0.15) is 0 Å². The Bertz CT molecular complexity index is 716. The van der Waals surface area contributed by atoms with E-state index in [0.717, 1.165) is 25.1 Å². The Morgan fingerprint density at radius 2 is 1.91 bits per heavy atom. The highest BCUT2D eigenvalue weighted by Gasteiger charge is 2.18. The summed E-state index contributed by atoms with van der Waals surface area (Å²) in [7, 11) is 4.27. The standard InChI is InChI=1S/C21H25NS/c1-4-16-11-12-21-20(14-16)19(10-7-13-22(2)3)18-9-6-5-8-17(18)15-23-21/h5-6,8-12,14H,4,7,13,15H2,1-3H3/b19-10+. The van der Waals surface area contributed by atoms with Crippen molar-refractivity contribution >= 4 is 17.3 Å². The van der Waals surface area contributed by atoms with E-state index in [1.165, 1.54) is 32.7 Å². The van der Waals surface area contributed by atoms with Gasteiger partial charge in [0, 0.05) is 17.2 Å². The first-order chi connectivity index (χ1) is 11.2. The molecule has 0 bridgehead atoms. The first kappa shape index (κ1) is 16.4. The van der Waals surface area contributed by atoms with E-state index in [2.05, 4.69) is 74.5 Å². The Hall–Kier alpha value is -1.51. The monoisotopic (exact) mass is 323 g/mol. The first-order valence-electron chi connectivity index (χ1n) is 8.38. The van der Waals surface area contributed by atoms with Crippen molar-refractivity contribution in [1.82, 2.24) is 4.90 Å². The van der Waals surface area contributed by atoms with Crippen molar-refractivity contribution in [2.75, 3.05) is 20.6 Å². The number of hydrogen-bond acceptors (Lipinski definition) is 2. The quantitative estimate of drug-likeness (QED) is 0.757. The molecule has 0 atom stereocenters. The number of thioether (sulfide) groups is 1. The summed E-state index contributed by atoms with van der Waals surface area (Å²) in [5, 5.41) is 0. The predicted octanol–water partition coefficient (Wildman–Crippen LogP) is 5.24. The van der Waals surface area contributed by atoms with Crippen molar-refractivity contribution in [3.8, 4) is 0 Å². The molecule has 2 aromatic rings. The van der Waals surface area contributed by atoms with Gasteiger partial charge in [-0.05, 0) is 60.8 Å². The molecular weight excluding hydrogens is 298 g/mol. The molecule has 0 fully saturated rings. The highest BCUT2D eigenvalue weighted by molar-refractivity contribution is 7.98. The third-order valence-electron chi connectivity index (χ3n) is 4.36. The second-order valence-electron chi connectivity index (χ2n) is 6.34. The topological polar surface area (TPSA) is 3.24 Å². The molecule has 120 valence electrons. The Morgan fingerprint density at radius 1 is 1.09 bits per heavy atom. The second kappa shape index (κ2) is 7.37. The Labute approximate surface area is 144 Å². The van der Waals surface area contributed by atoms with Gasteiger partial charge in [-0.25, -0.2) is 0 Å². The van der Waals surface area contributed by atoms with E-state index in [0.29, 0.717) is 0 Å². The molecule has 3 rings (SSSR count). The average molecular weight is 324 g/mol. The summed E-state index contributed by atoms with van der Waals surface area (Å²) in [5.74, 6) is 1.06. The van der Waals surface area contributed by atoms with Crippen LogP contribution in [-0.4, -0.2) is 25.5 Å². The molecule has 0 N–H and O–H groups in total. The molecule has 0 spiro atoms. The summed E-state index contributed by atoms with van der Waals surface area (Å²) < 4.78 is 0. The fourth-order valence-corrected chi connectivity index (χ4v) is 4.08. The largest absolute Gasteiger partial charge is 0.309 e. The summed E-state index contributed by atoms with van der Waals surface area (Å²) in [6.45, 7) is 3.32. The van der Waals surface area contributed by atoms with Crippen LogP contribution in [0.5, 0.6) is 0 Å². The summed E-state index contributed by atoms with van der Waals surface area (Å²) in [6, 6.07) is 15.9. The van der Waals surface area contributed by atoms with Crippen LogP contribution in [-0.2, 0) is 12.2 Å². The molecule has 0 aromatic heterocycles. The Kier molecular flexibility index (Phi) is 5.24. The smallest absolute Gasteiger partial charge is 0.0238 e. The normalized spacial score (nSPS) is 15.4. The number of nitrogens with zero attached hydrogens (tertiary/aromatic N) is 1. The van der Waals surface area contributed by atoms with Crippen molar-refractivity contribution < 1.29 is 0 Å². The zero-order chi connectivity index (χ0) is 16.2. The van der Waals surface area contributed by atoms with Gasteiger partial charge in [0.05, 0.1) is 0 Å². The van der Waals surface area contributed by atoms with E-state index in [1.54, 1.807) is 0 Å². The number of aryl methyl sites for hydroxylation is 1. The molecule has 0 saturated heterocycles. The lowest BCUT2D eigenvalue weighted by molar-refractivity contribution is 0.417. The lowest BCUT2D eigenvalue weighted by Gasteiger charge is -2.14. The van der Waals surface area contributed by atoms with Crippen LogP contribution in [0.3, 0.4) is 0 Å². The molecule has 23 heavy (non-hydrogen) atoms. The lowest BCUT2D eigenvalue weighted by atomic mass is 9.92. The number of hydrogen-bond donors (Lipinski definition) is 0. The maximum absolute atomic E-state index is 2.43. The van der Waals surface area contributed by atoms with E-state index in [-0.39, 0.29) is 0 Å². The number of rotatable bonds is 4. The van der Waals surface area contributed by atoms with Gasteiger partial charge in [0.2, 0.25) is 0 Å². The maximum Gasteiger partial charge on any atom is 0.0238 e. The molecule has 0 aliphatic carbocycles. The van der Waals surface area contributed by atoms with Crippen LogP contribution < -0.4 is 0 Å². The van der Waals surface area contributed by atoms with E-state index in [9.17, 15) is 0 Å². The van der Waals surface area contributed by atoms with E-state index in [1.807, 2.05) is 11.8 Å². The number of fused-ring (bicyclic) bond motifs is 2. The minimum atomic E-state index is 1.06. The van der Waals surface area contributed by atoms with Gasteiger partial charge < -0.3 is 4.90 Å². The molecule has 1 nitrogen and oxygen atoms in total. The van der Waals surface area contributed by atoms with Crippen LogP contribution >= 0.6 is 11.8 Å². The third-order valence-corrected chi connectivity index (χ3v) is 5.48. The van der Waals surface area contributed by atoms with Crippen LogP contribution in [0.15, 0.2) is 53.4 Å². The van der Waals surface area contributed by atoms with Crippen molar-refractivity contribution in [3.63, 3.8) is 0 Å². The first-order valence-corrected chi connectivity index (χ1v) is 9.37. The highest BCUT2D eigenvalue weighted by atomic mass is 32.2. The molecular formula is C21H25NS. The summed E-state index contributed by atoms with van der Waals surface area (Å²) >= 11 is 1.96. The molecule has 2 aromatic carbocycles. The highest BCUT2D eigenvalue weighted by Crippen LogP contribution is 2.40. The summed E-state index contributed by atoms with van der Waals surface area (Å²) in [5.41, 5.74) is 7.10. The SMILES string of the molecule is CCc1ccc2c(c1)/C(=C/CCN(C)C)c1ccccc1CS2. The fraction of sp³-hybridized carbons (Fsp3) is 0.333. The van der Waals surface area contributed by atoms with Gasteiger partial charge >= 0.3 is 0 Å². The van der Waals surface area contributed by atoms with Crippen LogP contribution in [0.2, 0.25) is 0 Å². The summed E-state index contributed by atoms with van der Waals surface area (Å²) in [6.07, 6.45) is 4.60. The van der Waals surface area contributed by atoms with E-state index >= 15 is 0 Å². The van der Waals surface area contributed by atoms with E-state index < -0.39 is 0 Å². The second-order valence-corrected chi connectivity index (χ2v) is 7.36. The predicted molar refractivity (Wildman–Crippen MR) is 102 cm³/mol. The van der Waals surface area contributed by atoms with Crippen molar-refractivity contribution in [2.24, 2.45) is 0 Å². The van der Waals surface area contributed by atoms with Gasteiger partial charge in [-0.15, -0.1) is 11.8 Å². The molecule has 1 aliphatic rings. The zero-order valence-electron chi connectivity index (χ0n) is 14.3. The van der Waals surface area contributed by atoms with Gasteiger partial charge in [-0.3, -0.25) is 0 Å². The molecule has 0 saturated carbocycles. The molecule has 0 amide bonds. The molecule has 0 radical (unpaired) electrons. The molecule has 1 aliphatic heterocycles. The van der Waals surface area contributed by atoms with E-state index in [4.69, 9.17) is 0 Å². The average Bonchev–Trinajstić information content (AvgIpc) is 2.71. The Morgan fingerprint density at radius 3 is 2.70 bits per heavy atom. The molecule has 2 heteroatoms. The van der Waals surface area contributed by atoms with Gasteiger partial charge in [0.15, 0.2) is 0 Å². The van der Waals surface area contributed by atoms with Crippen LogP contribution in [0, 0.1) is 0 Å². The zero-order valence-corrected chi connectivity index (χ0v) is 15.1. The number of benzene rings is 2. The maximum atomic E-state index is 2.43. The van der Waals surface area contributed by atoms with Crippen LogP contribution in [0.25, 0.3) is 5.57 Å². The van der Waals surface area contributed by atoms with Gasteiger partial charge in [-0.1, -0.05) is 49.4 Å². The van der Waals surface area contributed by atoms with Crippen LogP contribution in [0.1, 0.15) is 35.6 Å². The van der Waals surface area contributed by atoms with Crippen molar-refractivity contribution in [3.05, 3.63) is 70.8 Å². The van der Waals surface area contributed by atoms with Crippen molar-refractivity contribution in [1.29, 1.82) is 0 Å². The Balaban J connectivity index is 2.10. The van der Waals surface area contributed by atoms with Gasteiger partial charge in [0.25, 0.3) is 0 Å². The minimum Gasteiger partial charge on any atom is -0.309 e. The molecule has 0 unspecified atom stereocenters. The van der Waals surface area contributed by atoms with Gasteiger partial charge in [0.1, 0.15) is 0 Å². The molecule has 1 heterocycles. The lowest BCUT2D eigenvalue weighted by Crippen LogP contribution is -2.12. The fourth-order valence-electron chi connectivity index (χ4n) is 3.03. The third kappa shape index (κ3) is 3.70. The summed E-state index contributed by atoms with van der Waals surface area (Å²) in [4.78, 5) is 3.66. The van der Waals surface area contributed by atoms with Crippen molar-refractivity contribution in [2.45, 2.75) is 30.4 Å². The van der Waals surface area contributed by atoms with Crippen LogP contribution in [0.4, 0.5) is 0 Å². The minimum absolute atomic E-state index is 1.06.